The third-order valence-corrected chi connectivity index (χ3v) is 5.60. The molecule has 2 N–H and O–H groups in total. The Balaban J connectivity index is 0.00000132. The normalized spacial score (nSPS) is 20.3. The fourth-order valence-corrected chi connectivity index (χ4v) is 4.13. The number of rotatable bonds is 6. The van der Waals surface area contributed by atoms with Crippen molar-refractivity contribution in [2.75, 3.05) is 32.7 Å². The van der Waals surface area contributed by atoms with Crippen LogP contribution in [0.25, 0.3) is 0 Å². The molecule has 7 heteroatoms. The Labute approximate surface area is 155 Å². The topological polar surface area (TPSA) is 44.4 Å². The van der Waals surface area contributed by atoms with Crippen LogP contribution in [0.4, 0.5) is 0 Å². The van der Waals surface area contributed by atoms with Crippen LogP contribution in [0, 0.1) is 5.92 Å². The van der Waals surface area contributed by atoms with Crippen molar-refractivity contribution in [3.8, 4) is 0 Å². The lowest BCUT2D eigenvalue weighted by atomic mass is 10.0. The minimum atomic E-state index is 0. The van der Waals surface area contributed by atoms with Gasteiger partial charge in [0.2, 0.25) is 5.91 Å². The number of amides is 1. The molecule has 0 bridgehead atoms. The van der Waals surface area contributed by atoms with Crippen molar-refractivity contribution in [3.05, 3.63) is 21.9 Å². The maximum absolute atomic E-state index is 11.9. The Hall–Kier alpha value is -0.330. The van der Waals surface area contributed by atoms with E-state index in [1.54, 1.807) is 4.88 Å². The number of carbonyl (C=O) groups excluding carboxylic acids is 1. The van der Waals surface area contributed by atoms with E-state index in [1.165, 1.54) is 12.0 Å². The zero-order valence-electron chi connectivity index (χ0n) is 13.4. The maximum atomic E-state index is 11.9. The first-order chi connectivity index (χ1) is 10.3. The van der Waals surface area contributed by atoms with Crippen LogP contribution in [0.1, 0.15) is 29.7 Å². The summed E-state index contributed by atoms with van der Waals surface area (Å²) in [6.07, 6.45) is 4.10. The zero-order valence-corrected chi connectivity index (χ0v) is 15.8. The number of nitrogens with one attached hydrogen (secondary N) is 2. The van der Waals surface area contributed by atoms with E-state index in [2.05, 4.69) is 27.0 Å². The molecule has 132 valence electrons. The quantitative estimate of drug-likeness (QED) is 0.797. The molecule has 1 fully saturated rings. The molecule has 1 aromatic heterocycles. The van der Waals surface area contributed by atoms with Gasteiger partial charge >= 0.3 is 0 Å². The molecule has 0 radical (unpaired) electrons. The molecule has 1 atom stereocenters. The number of halogens is 2. The number of fused-ring (bicyclic) bond motifs is 1. The summed E-state index contributed by atoms with van der Waals surface area (Å²) < 4.78 is 0. The van der Waals surface area contributed by atoms with Gasteiger partial charge in [0.25, 0.3) is 0 Å². The minimum absolute atomic E-state index is 0. The van der Waals surface area contributed by atoms with Gasteiger partial charge in [-0.25, -0.2) is 0 Å². The standard InChI is InChI=1S/C16H25N3OS.2ClH/c20-16(2-1-13-3-6-17-11-13)18-7-9-19-8-4-15-14(12-19)5-10-21-15;;/h5,10,13,17H,1-4,6-9,11-12H2,(H,18,20);2*1H. The Morgan fingerprint density at radius 3 is 3.09 bits per heavy atom. The van der Waals surface area contributed by atoms with E-state index in [1.807, 2.05) is 11.3 Å². The molecule has 4 nitrogen and oxygen atoms in total. The van der Waals surface area contributed by atoms with Gasteiger partial charge in [-0.3, -0.25) is 9.69 Å². The second kappa shape index (κ2) is 10.5. The van der Waals surface area contributed by atoms with Crippen molar-refractivity contribution in [2.24, 2.45) is 5.92 Å². The third kappa shape index (κ3) is 6.24. The Morgan fingerprint density at radius 2 is 2.30 bits per heavy atom. The SMILES string of the molecule is Cl.Cl.O=C(CCC1CCNC1)NCCN1CCc2sccc2C1. The molecule has 3 rings (SSSR count). The van der Waals surface area contributed by atoms with Crippen LogP contribution in [-0.2, 0) is 17.8 Å². The lowest BCUT2D eigenvalue weighted by Gasteiger charge is -2.26. The summed E-state index contributed by atoms with van der Waals surface area (Å²) in [7, 11) is 0. The van der Waals surface area contributed by atoms with E-state index >= 15 is 0 Å². The highest BCUT2D eigenvalue weighted by Crippen LogP contribution is 2.23. The minimum Gasteiger partial charge on any atom is -0.355 e. The molecule has 1 saturated heterocycles. The first-order valence-electron chi connectivity index (χ1n) is 8.06. The van der Waals surface area contributed by atoms with Crippen LogP contribution in [0.5, 0.6) is 0 Å². The molecule has 2 aliphatic rings. The van der Waals surface area contributed by atoms with E-state index < -0.39 is 0 Å². The number of hydrogen-bond acceptors (Lipinski definition) is 4. The summed E-state index contributed by atoms with van der Waals surface area (Å²) in [6.45, 7) is 6.11. The van der Waals surface area contributed by atoms with Crippen LogP contribution in [0.3, 0.4) is 0 Å². The molecular formula is C16H27Cl2N3OS. The smallest absolute Gasteiger partial charge is 0.220 e. The van der Waals surface area contributed by atoms with Crippen LogP contribution in [0.15, 0.2) is 11.4 Å². The van der Waals surface area contributed by atoms with Crippen molar-refractivity contribution in [1.82, 2.24) is 15.5 Å². The van der Waals surface area contributed by atoms with Crippen molar-refractivity contribution in [2.45, 2.75) is 32.2 Å². The first-order valence-corrected chi connectivity index (χ1v) is 8.94. The molecule has 1 unspecified atom stereocenters. The van der Waals surface area contributed by atoms with Crippen molar-refractivity contribution >= 4 is 42.1 Å². The molecule has 0 saturated carbocycles. The van der Waals surface area contributed by atoms with Gasteiger partial charge in [0, 0.05) is 37.5 Å². The summed E-state index contributed by atoms with van der Waals surface area (Å²) in [5.41, 5.74) is 1.48. The predicted octanol–water partition coefficient (Wildman–Crippen LogP) is 2.46. The largest absolute Gasteiger partial charge is 0.355 e. The van der Waals surface area contributed by atoms with E-state index in [0.29, 0.717) is 12.3 Å². The van der Waals surface area contributed by atoms with Gasteiger partial charge in [0.15, 0.2) is 0 Å². The number of thiophene rings is 1. The predicted molar refractivity (Wildman–Crippen MR) is 101 cm³/mol. The summed E-state index contributed by atoms with van der Waals surface area (Å²) in [5.74, 6) is 0.921. The molecule has 2 aliphatic heterocycles. The van der Waals surface area contributed by atoms with Crippen molar-refractivity contribution in [3.63, 3.8) is 0 Å². The zero-order chi connectivity index (χ0) is 14.5. The Bertz CT molecular complexity index is 478. The second-order valence-electron chi connectivity index (χ2n) is 6.14. The van der Waals surface area contributed by atoms with E-state index in [0.717, 1.165) is 52.1 Å². The van der Waals surface area contributed by atoms with Crippen LogP contribution >= 0.6 is 36.2 Å². The van der Waals surface area contributed by atoms with Crippen LogP contribution in [-0.4, -0.2) is 43.5 Å². The van der Waals surface area contributed by atoms with Gasteiger partial charge < -0.3 is 10.6 Å². The summed E-state index contributed by atoms with van der Waals surface area (Å²) in [4.78, 5) is 15.8. The summed E-state index contributed by atoms with van der Waals surface area (Å²) in [5, 5.41) is 8.61. The maximum Gasteiger partial charge on any atom is 0.220 e. The van der Waals surface area contributed by atoms with E-state index in [9.17, 15) is 4.79 Å². The number of nitrogens with zero attached hydrogens (tertiary/aromatic N) is 1. The van der Waals surface area contributed by atoms with Crippen LogP contribution in [0.2, 0.25) is 0 Å². The molecule has 0 aromatic carbocycles. The van der Waals surface area contributed by atoms with Crippen LogP contribution < -0.4 is 10.6 Å². The van der Waals surface area contributed by atoms with Crippen molar-refractivity contribution in [1.29, 1.82) is 0 Å². The van der Waals surface area contributed by atoms with Gasteiger partial charge in [0.1, 0.15) is 0 Å². The van der Waals surface area contributed by atoms with Gasteiger partial charge in [-0.2, -0.15) is 0 Å². The molecule has 3 heterocycles. The Morgan fingerprint density at radius 1 is 1.43 bits per heavy atom. The first kappa shape index (κ1) is 20.7. The van der Waals surface area contributed by atoms with Gasteiger partial charge in [-0.05, 0) is 55.3 Å². The fraction of sp³-hybridized carbons (Fsp3) is 0.688. The van der Waals surface area contributed by atoms with Crippen molar-refractivity contribution < 1.29 is 4.79 Å². The lowest BCUT2D eigenvalue weighted by Crippen LogP contribution is -2.37. The van der Waals surface area contributed by atoms with Gasteiger partial charge in [-0.15, -0.1) is 36.2 Å². The molecular weight excluding hydrogens is 353 g/mol. The molecule has 23 heavy (non-hydrogen) atoms. The number of hydrogen-bond donors (Lipinski definition) is 2. The average Bonchev–Trinajstić information content (AvgIpc) is 3.16. The average molecular weight is 380 g/mol. The fourth-order valence-electron chi connectivity index (χ4n) is 3.24. The lowest BCUT2D eigenvalue weighted by molar-refractivity contribution is -0.121. The molecule has 1 amide bonds. The summed E-state index contributed by atoms with van der Waals surface area (Å²) in [6, 6.07) is 2.24. The molecule has 0 aliphatic carbocycles. The third-order valence-electron chi connectivity index (χ3n) is 4.58. The Kier molecular flexibility index (Phi) is 9.47. The van der Waals surface area contributed by atoms with E-state index in [4.69, 9.17) is 0 Å². The second-order valence-corrected chi connectivity index (χ2v) is 7.14. The molecule has 1 aromatic rings. The number of carbonyl (C=O) groups is 1. The highest BCUT2D eigenvalue weighted by molar-refractivity contribution is 7.10. The van der Waals surface area contributed by atoms with E-state index in [-0.39, 0.29) is 30.7 Å². The highest BCUT2D eigenvalue weighted by Gasteiger charge is 2.17. The highest BCUT2D eigenvalue weighted by atomic mass is 35.5. The van der Waals surface area contributed by atoms with Gasteiger partial charge in [-0.1, -0.05) is 0 Å². The van der Waals surface area contributed by atoms with Gasteiger partial charge in [0.05, 0.1) is 0 Å². The summed E-state index contributed by atoms with van der Waals surface area (Å²) >= 11 is 1.87. The monoisotopic (exact) mass is 379 g/mol. The molecule has 0 spiro atoms.